The summed E-state index contributed by atoms with van der Waals surface area (Å²) < 4.78 is 0. The van der Waals surface area contributed by atoms with Crippen LogP contribution in [0.15, 0.2) is 218 Å². The highest BCUT2D eigenvalue weighted by Crippen LogP contribution is 2.72. The van der Waals surface area contributed by atoms with Gasteiger partial charge < -0.3 is 0 Å². The zero-order chi connectivity index (χ0) is 40.6. The fourth-order valence-electron chi connectivity index (χ4n) is 8.45. The van der Waals surface area contributed by atoms with Crippen LogP contribution in [0.3, 0.4) is 0 Å². The Balaban J connectivity index is 1.58. The summed E-state index contributed by atoms with van der Waals surface area (Å²) in [6, 6.07) is 83.7. The Morgan fingerprint density at radius 3 is 0.695 bits per heavy atom. The molecule has 0 aliphatic heterocycles. The van der Waals surface area contributed by atoms with Crippen LogP contribution in [0.25, 0.3) is 0 Å². The molecule has 0 aliphatic rings. The largest absolute Gasteiger partial charge is 0.0622 e. The number of rotatable bonds is 14. The molecule has 0 unspecified atom stereocenters. The van der Waals surface area contributed by atoms with E-state index in [2.05, 4.69) is 246 Å². The van der Waals surface area contributed by atoms with Crippen LogP contribution >= 0.6 is 31.7 Å². The van der Waals surface area contributed by atoms with Crippen molar-refractivity contribution in [3.8, 4) is 0 Å². The quantitative estimate of drug-likeness (QED) is 0.0958. The molecular weight excluding hydrogens is 785 g/mol. The fourth-order valence-corrected chi connectivity index (χ4v) is 24.3. The van der Waals surface area contributed by atoms with Gasteiger partial charge in [0.05, 0.1) is 0 Å². The summed E-state index contributed by atoms with van der Waals surface area (Å²) in [7, 11) is -3.69. The molecule has 59 heavy (non-hydrogen) atoms. The molecule has 0 atom stereocenters. The summed E-state index contributed by atoms with van der Waals surface area (Å²) in [6.45, 7) is 9.47. The molecule has 0 heterocycles. The van der Waals surface area contributed by atoms with Crippen LogP contribution in [0.4, 0.5) is 0 Å². The molecule has 8 aromatic rings. The maximum absolute atomic E-state index is 2.49. The van der Waals surface area contributed by atoms with E-state index >= 15 is 0 Å². The first-order chi connectivity index (χ1) is 28.9. The normalized spacial score (nSPS) is 11.8. The van der Waals surface area contributed by atoms with Crippen LogP contribution in [0.1, 0.15) is 22.3 Å². The molecule has 0 aromatic heterocycles. The standard InChI is InChI=1S/C55H52P4/c1-43-25-17-21-37-51(43)58(52-38-22-18-26-44(52)2)55(41-56(47-29-9-5-10-30-47)48-31-11-6-12-32-48,42-57(49-33-13-7-14-34-49)50-35-15-8-16-36-50)59(53-39-23-19-27-45(53)3)54-40-24-20-28-46(54)4/h5-40H,41-42H2,1-4H3. The second-order valence-corrected chi connectivity index (χ2v) is 25.1. The SMILES string of the molecule is Cc1ccccc1P(c1ccccc1C)C(CP(c1ccccc1)c1ccccc1)(CP(c1ccccc1)c1ccccc1)P(c1ccccc1C)c1ccccc1C. The molecule has 0 aliphatic carbocycles. The molecule has 8 rings (SSSR count). The number of aryl methyl sites for hydroxylation is 4. The van der Waals surface area contributed by atoms with Gasteiger partial charge in [-0.05, 0) is 136 Å². The Kier molecular flexibility index (Phi) is 13.4. The molecule has 0 radical (unpaired) electrons. The second kappa shape index (κ2) is 19.2. The van der Waals surface area contributed by atoms with Gasteiger partial charge in [-0.3, -0.25) is 0 Å². The predicted molar refractivity (Wildman–Crippen MR) is 268 cm³/mol. The number of benzene rings is 8. The Bertz CT molecular complexity index is 2220. The van der Waals surface area contributed by atoms with E-state index in [4.69, 9.17) is 0 Å². The highest BCUT2D eigenvalue weighted by atomic mass is 31.2. The van der Waals surface area contributed by atoms with E-state index in [1.807, 2.05) is 0 Å². The average molecular weight is 837 g/mol. The summed E-state index contributed by atoms with van der Waals surface area (Å²) in [5.74, 6) is 0. The third-order valence-electron chi connectivity index (χ3n) is 11.4. The molecule has 0 bridgehead atoms. The van der Waals surface area contributed by atoms with Gasteiger partial charge in [0, 0.05) is 4.90 Å². The van der Waals surface area contributed by atoms with Crippen LogP contribution in [0.5, 0.6) is 0 Å². The summed E-state index contributed by atoms with van der Waals surface area (Å²) in [5, 5.41) is 11.8. The van der Waals surface area contributed by atoms with Gasteiger partial charge in [0.15, 0.2) is 0 Å². The molecule has 0 nitrogen and oxygen atoms in total. The van der Waals surface area contributed by atoms with Crippen LogP contribution in [0.2, 0.25) is 0 Å². The molecule has 4 heteroatoms. The lowest BCUT2D eigenvalue weighted by Gasteiger charge is -2.52. The van der Waals surface area contributed by atoms with Gasteiger partial charge in [0.2, 0.25) is 0 Å². The van der Waals surface area contributed by atoms with Crippen molar-refractivity contribution in [2.24, 2.45) is 0 Å². The molecule has 8 aromatic carbocycles. The van der Waals surface area contributed by atoms with Gasteiger partial charge in [-0.25, -0.2) is 0 Å². The van der Waals surface area contributed by atoms with Gasteiger partial charge in [-0.2, -0.15) is 0 Å². The van der Waals surface area contributed by atoms with Gasteiger partial charge in [0.25, 0.3) is 0 Å². The van der Waals surface area contributed by atoms with Gasteiger partial charge in [0.1, 0.15) is 0 Å². The molecular formula is C55H52P4. The van der Waals surface area contributed by atoms with Crippen molar-refractivity contribution in [3.05, 3.63) is 241 Å². The van der Waals surface area contributed by atoms with Crippen LogP contribution in [-0.4, -0.2) is 17.2 Å². The molecule has 292 valence electrons. The van der Waals surface area contributed by atoms with E-state index in [0.717, 1.165) is 12.3 Å². The van der Waals surface area contributed by atoms with Crippen molar-refractivity contribution in [3.63, 3.8) is 0 Å². The maximum Gasteiger partial charge on any atom is 0.0357 e. The smallest absolute Gasteiger partial charge is 0.0357 e. The fraction of sp³-hybridized carbons (Fsp3) is 0.127. The molecule has 0 saturated heterocycles. The average Bonchev–Trinajstić information content (AvgIpc) is 3.28. The van der Waals surface area contributed by atoms with Crippen LogP contribution in [0, 0.1) is 27.7 Å². The second-order valence-electron chi connectivity index (χ2n) is 15.3. The van der Waals surface area contributed by atoms with Crippen LogP contribution < -0.4 is 42.4 Å². The Hall–Kier alpha value is -4.52. The first-order valence-electron chi connectivity index (χ1n) is 20.5. The molecule has 0 amide bonds. The summed E-state index contributed by atoms with van der Waals surface area (Å²) >= 11 is 0. The lowest BCUT2D eigenvalue weighted by atomic mass is 10.2. The number of hydrogen-bond acceptors (Lipinski definition) is 0. The minimum atomic E-state index is -1.02. The Labute approximate surface area is 357 Å². The third kappa shape index (κ3) is 9.00. The summed E-state index contributed by atoms with van der Waals surface area (Å²) in [4.78, 5) is -0.240. The third-order valence-corrected chi connectivity index (χ3v) is 25.2. The topological polar surface area (TPSA) is 0 Å². The zero-order valence-electron chi connectivity index (χ0n) is 34.5. The van der Waals surface area contributed by atoms with Gasteiger partial charge >= 0.3 is 0 Å². The summed E-state index contributed by atoms with van der Waals surface area (Å²) in [6.07, 6.45) is 2.08. The van der Waals surface area contributed by atoms with Crippen molar-refractivity contribution in [1.82, 2.24) is 0 Å². The van der Waals surface area contributed by atoms with E-state index < -0.39 is 31.7 Å². The first kappa shape index (κ1) is 41.2. The van der Waals surface area contributed by atoms with Gasteiger partial charge in [-0.1, -0.05) is 218 Å². The number of hydrogen-bond donors (Lipinski definition) is 0. The monoisotopic (exact) mass is 836 g/mol. The first-order valence-corrected chi connectivity index (χ1v) is 26.3. The highest BCUT2D eigenvalue weighted by Gasteiger charge is 2.52. The van der Waals surface area contributed by atoms with E-state index in [9.17, 15) is 0 Å². The lowest BCUT2D eigenvalue weighted by molar-refractivity contribution is 1.02. The van der Waals surface area contributed by atoms with E-state index in [0.29, 0.717) is 0 Å². The lowest BCUT2D eigenvalue weighted by Crippen LogP contribution is -2.47. The van der Waals surface area contributed by atoms with Crippen molar-refractivity contribution in [2.45, 2.75) is 32.6 Å². The van der Waals surface area contributed by atoms with Crippen molar-refractivity contribution in [2.75, 3.05) is 12.3 Å². The van der Waals surface area contributed by atoms with Gasteiger partial charge in [-0.15, -0.1) is 0 Å². The minimum Gasteiger partial charge on any atom is -0.0622 e. The van der Waals surface area contributed by atoms with Crippen molar-refractivity contribution < 1.29 is 0 Å². The van der Waals surface area contributed by atoms with Crippen LogP contribution in [-0.2, 0) is 0 Å². The molecule has 0 fully saturated rings. The van der Waals surface area contributed by atoms with E-state index in [1.165, 1.54) is 64.7 Å². The zero-order valence-corrected chi connectivity index (χ0v) is 38.1. The van der Waals surface area contributed by atoms with Crippen molar-refractivity contribution in [1.29, 1.82) is 0 Å². The Morgan fingerprint density at radius 1 is 0.271 bits per heavy atom. The molecule has 0 spiro atoms. The predicted octanol–water partition coefficient (Wildman–Crippen LogP) is 11.4. The van der Waals surface area contributed by atoms with E-state index in [-0.39, 0.29) is 4.90 Å². The Morgan fingerprint density at radius 2 is 0.475 bits per heavy atom. The van der Waals surface area contributed by atoms with Crippen molar-refractivity contribution >= 4 is 74.1 Å². The minimum absolute atomic E-state index is 0.240. The highest BCUT2D eigenvalue weighted by molar-refractivity contribution is 7.93. The molecule has 0 saturated carbocycles. The maximum atomic E-state index is 2.49. The summed E-state index contributed by atoms with van der Waals surface area (Å²) in [5.41, 5.74) is 5.51. The molecule has 0 N–H and O–H groups in total. The van der Waals surface area contributed by atoms with E-state index in [1.54, 1.807) is 0 Å².